The van der Waals surface area contributed by atoms with Gasteiger partial charge in [-0.2, -0.15) is 0 Å². The molecule has 2 aromatic carbocycles. The number of nitro groups is 1. The van der Waals surface area contributed by atoms with Crippen LogP contribution in [0.2, 0.25) is 0 Å². The van der Waals surface area contributed by atoms with Gasteiger partial charge >= 0.3 is 0 Å². The maximum absolute atomic E-state index is 13.3. The number of allylic oxidation sites excluding steroid dienone is 2. The number of hydrogen-bond donors (Lipinski definition) is 1. The second-order valence-electron chi connectivity index (χ2n) is 6.95. The third kappa shape index (κ3) is 2.72. The molecule has 0 saturated heterocycles. The fourth-order valence-electron chi connectivity index (χ4n) is 4.15. The van der Waals surface area contributed by atoms with Gasteiger partial charge in [0.1, 0.15) is 5.92 Å². The van der Waals surface area contributed by atoms with E-state index in [4.69, 9.17) is 14.2 Å². The molecule has 1 atom stereocenters. The Labute approximate surface area is 172 Å². The molecule has 0 bridgehead atoms. The molecule has 2 aromatic rings. The number of methoxy groups -OCH3 is 3. The van der Waals surface area contributed by atoms with Crippen LogP contribution < -0.4 is 19.5 Å². The third-order valence-corrected chi connectivity index (χ3v) is 5.43. The van der Waals surface area contributed by atoms with E-state index < -0.39 is 10.8 Å². The van der Waals surface area contributed by atoms with E-state index in [1.54, 1.807) is 31.2 Å². The number of dihydropyridines is 1. The van der Waals surface area contributed by atoms with Crippen molar-refractivity contribution in [2.24, 2.45) is 0 Å². The molecule has 1 aliphatic carbocycles. The van der Waals surface area contributed by atoms with E-state index in [1.165, 1.54) is 21.3 Å². The summed E-state index contributed by atoms with van der Waals surface area (Å²) in [5, 5.41) is 15.1. The number of Topliss-reactive ketones (excluding diaryl/α,β-unsaturated/α-hetero) is 1. The molecule has 2 aliphatic rings. The van der Waals surface area contributed by atoms with Crippen molar-refractivity contribution in [3.05, 3.63) is 80.2 Å². The van der Waals surface area contributed by atoms with Gasteiger partial charge in [-0.1, -0.05) is 24.3 Å². The van der Waals surface area contributed by atoms with Crippen LogP contribution in [0.4, 0.5) is 0 Å². The number of fused-ring (bicyclic) bond motifs is 2. The number of rotatable bonds is 5. The van der Waals surface area contributed by atoms with Crippen molar-refractivity contribution < 1.29 is 23.9 Å². The van der Waals surface area contributed by atoms with E-state index in [0.717, 1.165) is 5.56 Å². The molecule has 8 nitrogen and oxygen atoms in total. The summed E-state index contributed by atoms with van der Waals surface area (Å²) in [6.07, 6.45) is 0. The van der Waals surface area contributed by atoms with Crippen LogP contribution in [0.1, 0.15) is 34.3 Å². The van der Waals surface area contributed by atoms with Gasteiger partial charge in [0.2, 0.25) is 5.75 Å². The standard InChI is InChI=1S/C22H20N2O6/c1-11-20(24(26)27)17(12-9-15(28-2)22(30-4)16(10-12)29-3)18-19(23-11)13-7-5-6-8-14(13)21(18)25/h5-10,17,23H,1-4H3. The number of nitrogens with one attached hydrogen (secondary N) is 1. The first-order valence-electron chi connectivity index (χ1n) is 9.23. The van der Waals surface area contributed by atoms with Crippen LogP contribution in [0.5, 0.6) is 17.2 Å². The Kier molecular flexibility index (Phi) is 4.69. The normalized spacial score (nSPS) is 17.3. The summed E-state index contributed by atoms with van der Waals surface area (Å²) in [6, 6.07) is 10.5. The lowest BCUT2D eigenvalue weighted by Crippen LogP contribution is -2.28. The average Bonchev–Trinajstić information content (AvgIpc) is 3.03. The minimum atomic E-state index is -0.898. The number of carbonyl (C=O) groups excluding carboxylic acids is 1. The van der Waals surface area contributed by atoms with Crippen LogP contribution in [0, 0.1) is 10.1 Å². The van der Waals surface area contributed by atoms with Gasteiger partial charge < -0.3 is 19.5 Å². The van der Waals surface area contributed by atoms with Crippen molar-refractivity contribution in [3.63, 3.8) is 0 Å². The second-order valence-corrected chi connectivity index (χ2v) is 6.95. The van der Waals surface area contributed by atoms with Crippen LogP contribution in [-0.4, -0.2) is 32.0 Å². The van der Waals surface area contributed by atoms with Crippen LogP contribution in [0.3, 0.4) is 0 Å². The smallest absolute Gasteiger partial charge is 0.276 e. The van der Waals surface area contributed by atoms with Gasteiger partial charge in [0.25, 0.3) is 5.70 Å². The zero-order valence-corrected chi connectivity index (χ0v) is 16.9. The molecule has 8 heteroatoms. The highest BCUT2D eigenvalue weighted by atomic mass is 16.6. The van der Waals surface area contributed by atoms with Gasteiger partial charge in [-0.15, -0.1) is 0 Å². The van der Waals surface area contributed by atoms with Gasteiger partial charge in [-0.3, -0.25) is 14.9 Å². The fourth-order valence-corrected chi connectivity index (χ4v) is 4.15. The summed E-state index contributed by atoms with van der Waals surface area (Å²) >= 11 is 0. The summed E-state index contributed by atoms with van der Waals surface area (Å²) < 4.78 is 16.2. The van der Waals surface area contributed by atoms with E-state index in [9.17, 15) is 14.9 Å². The van der Waals surface area contributed by atoms with Crippen molar-refractivity contribution in [1.29, 1.82) is 0 Å². The Morgan fingerprint density at radius 2 is 1.60 bits per heavy atom. The Morgan fingerprint density at radius 1 is 1.00 bits per heavy atom. The predicted octanol–water partition coefficient (Wildman–Crippen LogP) is 3.52. The van der Waals surface area contributed by atoms with E-state index in [2.05, 4.69) is 5.32 Å². The first-order chi connectivity index (χ1) is 14.4. The number of ether oxygens (including phenoxy) is 3. The lowest BCUT2D eigenvalue weighted by molar-refractivity contribution is -0.430. The molecule has 30 heavy (non-hydrogen) atoms. The average molecular weight is 408 g/mol. The zero-order chi connectivity index (χ0) is 21.6. The molecular weight excluding hydrogens is 388 g/mol. The van der Waals surface area contributed by atoms with Gasteiger partial charge in [0, 0.05) is 16.7 Å². The molecule has 1 aliphatic heterocycles. The lowest BCUT2D eigenvalue weighted by Gasteiger charge is -2.26. The molecule has 4 rings (SSSR count). The van der Waals surface area contributed by atoms with Gasteiger partial charge in [-0.05, 0) is 24.6 Å². The molecule has 0 aromatic heterocycles. The van der Waals surface area contributed by atoms with Crippen LogP contribution in [0.25, 0.3) is 5.70 Å². The van der Waals surface area contributed by atoms with Crippen molar-refractivity contribution in [2.75, 3.05) is 21.3 Å². The Morgan fingerprint density at radius 3 is 2.13 bits per heavy atom. The fraction of sp³-hybridized carbons (Fsp3) is 0.227. The van der Waals surface area contributed by atoms with Gasteiger partial charge in [-0.25, -0.2) is 0 Å². The molecule has 154 valence electrons. The van der Waals surface area contributed by atoms with Crippen LogP contribution in [0.15, 0.2) is 53.4 Å². The summed E-state index contributed by atoms with van der Waals surface area (Å²) in [5.74, 6) is -0.0495. The number of benzene rings is 2. The molecule has 1 heterocycles. The summed E-state index contributed by atoms with van der Waals surface area (Å²) in [4.78, 5) is 24.9. The second kappa shape index (κ2) is 7.22. The minimum absolute atomic E-state index is 0.0934. The number of nitrogens with zero attached hydrogens (tertiary/aromatic N) is 1. The van der Waals surface area contributed by atoms with Crippen molar-refractivity contribution in [3.8, 4) is 17.2 Å². The quantitative estimate of drug-likeness (QED) is 0.597. The van der Waals surface area contributed by atoms with Gasteiger partial charge in [0.05, 0.1) is 37.6 Å². The monoisotopic (exact) mass is 408 g/mol. The minimum Gasteiger partial charge on any atom is -0.493 e. The van der Waals surface area contributed by atoms with Crippen molar-refractivity contribution >= 4 is 11.5 Å². The van der Waals surface area contributed by atoms with Crippen molar-refractivity contribution in [1.82, 2.24) is 5.32 Å². The summed E-state index contributed by atoms with van der Waals surface area (Å²) in [7, 11) is 4.43. The van der Waals surface area contributed by atoms with Crippen LogP contribution in [-0.2, 0) is 0 Å². The molecule has 1 unspecified atom stereocenters. The predicted molar refractivity (Wildman–Crippen MR) is 109 cm³/mol. The molecule has 0 spiro atoms. The molecule has 0 amide bonds. The summed E-state index contributed by atoms with van der Waals surface area (Å²) in [6.45, 7) is 1.64. The highest BCUT2D eigenvalue weighted by Gasteiger charge is 2.45. The molecule has 1 N–H and O–H groups in total. The largest absolute Gasteiger partial charge is 0.493 e. The van der Waals surface area contributed by atoms with Crippen molar-refractivity contribution in [2.45, 2.75) is 12.8 Å². The molecular formula is C22H20N2O6. The van der Waals surface area contributed by atoms with Crippen LogP contribution >= 0.6 is 0 Å². The Hall–Kier alpha value is -3.81. The maximum Gasteiger partial charge on any atom is 0.276 e. The van der Waals surface area contributed by atoms with E-state index >= 15 is 0 Å². The maximum atomic E-state index is 13.3. The first kappa shape index (κ1) is 19.5. The van der Waals surface area contributed by atoms with E-state index in [-0.39, 0.29) is 11.5 Å². The highest BCUT2D eigenvalue weighted by Crippen LogP contribution is 2.49. The van der Waals surface area contributed by atoms with E-state index in [0.29, 0.717) is 45.3 Å². The zero-order valence-electron chi connectivity index (χ0n) is 16.9. The lowest BCUT2D eigenvalue weighted by atomic mass is 9.83. The molecule has 0 saturated carbocycles. The molecule has 0 radical (unpaired) electrons. The number of hydrogen-bond acceptors (Lipinski definition) is 7. The highest BCUT2D eigenvalue weighted by molar-refractivity contribution is 6.22. The Balaban J connectivity index is 1.99. The topological polar surface area (TPSA) is 99.9 Å². The first-order valence-corrected chi connectivity index (χ1v) is 9.23. The number of carbonyl (C=O) groups is 1. The van der Waals surface area contributed by atoms with Gasteiger partial charge in [0.15, 0.2) is 17.3 Å². The van der Waals surface area contributed by atoms with E-state index in [1.807, 2.05) is 12.1 Å². The molecule has 0 fully saturated rings. The summed E-state index contributed by atoms with van der Waals surface area (Å²) in [5.41, 5.74) is 2.97. The third-order valence-electron chi connectivity index (χ3n) is 5.43. The Bertz CT molecular complexity index is 1120. The number of ketones is 1. The SMILES string of the molecule is COc1cc(C2C3=C(NC(C)=C2[N+](=O)[O-])c2ccccc2C3=O)cc(OC)c1OC.